The molecule has 0 radical (unpaired) electrons. The van der Waals surface area contributed by atoms with Gasteiger partial charge < -0.3 is 4.90 Å². The number of nitrogens with zero attached hydrogens (tertiary/aromatic N) is 5. The Morgan fingerprint density at radius 1 is 1.23 bits per heavy atom. The normalized spacial score (nSPS) is 15.1. The second-order valence-electron chi connectivity index (χ2n) is 6.89. The number of alkyl halides is 2. The van der Waals surface area contributed by atoms with Crippen LogP contribution < -0.4 is 0 Å². The van der Waals surface area contributed by atoms with E-state index in [1.54, 1.807) is 23.1 Å². The molecule has 0 saturated carbocycles. The van der Waals surface area contributed by atoms with E-state index < -0.39 is 22.7 Å². The second kappa shape index (κ2) is 9.23. The minimum Gasteiger partial charge on any atom is -0.339 e. The summed E-state index contributed by atoms with van der Waals surface area (Å²) in [4.78, 5) is 26.5. The Morgan fingerprint density at radius 3 is 2.33 bits per heavy atom. The maximum Gasteiger partial charge on any atom is 0.319 e. The fourth-order valence-electron chi connectivity index (χ4n) is 3.38. The van der Waals surface area contributed by atoms with Gasteiger partial charge in [-0.1, -0.05) is 29.3 Å². The average Bonchev–Trinajstić information content (AvgIpc) is 3.02. The van der Waals surface area contributed by atoms with Crippen LogP contribution in [0.15, 0.2) is 18.2 Å². The summed E-state index contributed by atoms with van der Waals surface area (Å²) in [6, 6.07) is 5.30. The van der Waals surface area contributed by atoms with Crippen LogP contribution in [0.4, 0.5) is 14.5 Å². The van der Waals surface area contributed by atoms with Crippen LogP contribution in [-0.4, -0.2) is 56.6 Å². The summed E-state index contributed by atoms with van der Waals surface area (Å²) in [6.45, 7) is 3.51. The van der Waals surface area contributed by atoms with Gasteiger partial charge in [0.25, 0.3) is 6.43 Å². The van der Waals surface area contributed by atoms with Crippen LogP contribution in [0, 0.1) is 17.0 Å². The second-order valence-corrected chi connectivity index (χ2v) is 7.71. The topological polar surface area (TPSA) is 84.5 Å². The Bertz CT molecular complexity index is 941. The van der Waals surface area contributed by atoms with Crippen LogP contribution in [0.25, 0.3) is 0 Å². The van der Waals surface area contributed by atoms with Gasteiger partial charge in [0.2, 0.25) is 11.6 Å². The highest BCUT2D eigenvalue weighted by molar-refractivity contribution is 6.35. The highest BCUT2D eigenvalue weighted by atomic mass is 35.5. The summed E-state index contributed by atoms with van der Waals surface area (Å²) in [5.74, 6) is -0.341. The zero-order valence-electron chi connectivity index (χ0n) is 16.0. The van der Waals surface area contributed by atoms with E-state index in [2.05, 4.69) is 10.00 Å². The zero-order chi connectivity index (χ0) is 22.0. The molecule has 1 aliphatic rings. The number of rotatable bonds is 6. The minimum atomic E-state index is -3.10. The first-order valence-electron chi connectivity index (χ1n) is 9.12. The Hall–Kier alpha value is -2.30. The van der Waals surface area contributed by atoms with E-state index in [1.165, 1.54) is 6.92 Å². The molecule has 3 rings (SSSR count). The van der Waals surface area contributed by atoms with Crippen molar-refractivity contribution in [1.82, 2.24) is 19.6 Å². The van der Waals surface area contributed by atoms with Gasteiger partial charge in [0.05, 0.1) is 4.92 Å². The number of aromatic nitrogens is 2. The van der Waals surface area contributed by atoms with Crippen molar-refractivity contribution in [3.8, 4) is 0 Å². The SMILES string of the molecule is Cc1c([N+](=O)[O-])c(C(F)F)nn1CC(=O)N1CCN(Cc2c(Cl)cccc2Cl)CC1. The zero-order valence-corrected chi connectivity index (χ0v) is 17.5. The van der Waals surface area contributed by atoms with Crippen molar-refractivity contribution in [3.05, 3.63) is 55.3 Å². The van der Waals surface area contributed by atoms with E-state index in [0.717, 1.165) is 10.2 Å². The molecule has 8 nitrogen and oxygen atoms in total. The molecule has 0 N–H and O–H groups in total. The third kappa shape index (κ3) is 4.71. The average molecular weight is 462 g/mol. The number of hydrogen-bond donors (Lipinski definition) is 0. The molecule has 1 saturated heterocycles. The highest BCUT2D eigenvalue weighted by Crippen LogP contribution is 2.31. The molecule has 162 valence electrons. The van der Waals surface area contributed by atoms with E-state index in [1.807, 2.05) is 0 Å². The number of benzene rings is 1. The summed E-state index contributed by atoms with van der Waals surface area (Å²) in [6.07, 6.45) is -3.10. The number of hydrogen-bond acceptors (Lipinski definition) is 5. The monoisotopic (exact) mass is 461 g/mol. The predicted octanol–water partition coefficient (Wildman–Crippen LogP) is 3.69. The van der Waals surface area contributed by atoms with E-state index in [9.17, 15) is 23.7 Å². The van der Waals surface area contributed by atoms with E-state index in [4.69, 9.17) is 23.2 Å². The lowest BCUT2D eigenvalue weighted by Crippen LogP contribution is -2.49. The van der Waals surface area contributed by atoms with Gasteiger partial charge >= 0.3 is 5.69 Å². The number of carbonyl (C=O) groups excluding carboxylic acids is 1. The van der Waals surface area contributed by atoms with Gasteiger partial charge in [-0.3, -0.25) is 24.5 Å². The first kappa shape index (κ1) is 22.4. The van der Waals surface area contributed by atoms with Crippen molar-refractivity contribution in [2.75, 3.05) is 26.2 Å². The number of halogens is 4. The Labute approximate surface area is 181 Å². The molecule has 12 heteroatoms. The van der Waals surface area contributed by atoms with Crippen LogP contribution in [-0.2, 0) is 17.9 Å². The van der Waals surface area contributed by atoms with Crippen molar-refractivity contribution in [1.29, 1.82) is 0 Å². The fourth-order valence-corrected chi connectivity index (χ4v) is 3.89. The molecular weight excluding hydrogens is 443 g/mol. The van der Waals surface area contributed by atoms with E-state index >= 15 is 0 Å². The van der Waals surface area contributed by atoms with Crippen molar-refractivity contribution >= 4 is 34.8 Å². The largest absolute Gasteiger partial charge is 0.339 e. The molecule has 2 aromatic rings. The first-order valence-corrected chi connectivity index (χ1v) is 9.87. The molecule has 2 heterocycles. The van der Waals surface area contributed by atoms with Crippen molar-refractivity contribution < 1.29 is 18.5 Å². The molecule has 1 aromatic carbocycles. The molecule has 1 aliphatic heterocycles. The Morgan fingerprint density at radius 2 is 1.83 bits per heavy atom. The van der Waals surface area contributed by atoms with Gasteiger partial charge in [0.1, 0.15) is 12.2 Å². The molecule has 0 unspecified atom stereocenters. The lowest BCUT2D eigenvalue weighted by atomic mass is 10.2. The van der Waals surface area contributed by atoms with Gasteiger partial charge in [0, 0.05) is 48.3 Å². The molecule has 0 aliphatic carbocycles. The highest BCUT2D eigenvalue weighted by Gasteiger charge is 2.32. The molecule has 1 amide bonds. The van der Waals surface area contributed by atoms with Crippen molar-refractivity contribution in [3.63, 3.8) is 0 Å². The molecule has 1 aromatic heterocycles. The number of piperazine rings is 1. The number of nitro groups is 1. The molecule has 1 fully saturated rings. The number of amides is 1. The van der Waals surface area contributed by atoms with E-state index in [-0.39, 0.29) is 18.1 Å². The van der Waals surface area contributed by atoms with Crippen LogP contribution in [0.3, 0.4) is 0 Å². The lowest BCUT2D eigenvalue weighted by molar-refractivity contribution is -0.386. The van der Waals surface area contributed by atoms with Crippen molar-refractivity contribution in [2.45, 2.75) is 26.4 Å². The maximum absolute atomic E-state index is 13.1. The molecule has 30 heavy (non-hydrogen) atoms. The van der Waals surface area contributed by atoms with E-state index in [0.29, 0.717) is 42.8 Å². The lowest BCUT2D eigenvalue weighted by Gasteiger charge is -2.35. The first-order chi connectivity index (χ1) is 14.2. The summed E-state index contributed by atoms with van der Waals surface area (Å²) in [7, 11) is 0. The molecular formula is C18H19Cl2F2N5O3. The van der Waals surface area contributed by atoms with Gasteiger partial charge in [-0.15, -0.1) is 0 Å². The third-order valence-corrected chi connectivity index (χ3v) is 5.75. The smallest absolute Gasteiger partial charge is 0.319 e. The van der Waals surface area contributed by atoms with Crippen LogP contribution in [0.1, 0.15) is 23.4 Å². The predicted molar refractivity (Wildman–Crippen MR) is 107 cm³/mol. The minimum absolute atomic E-state index is 0.0735. The van der Waals surface area contributed by atoms with Crippen LogP contribution in [0.5, 0.6) is 0 Å². The Balaban J connectivity index is 1.62. The number of carbonyl (C=O) groups is 1. The maximum atomic E-state index is 13.1. The summed E-state index contributed by atoms with van der Waals surface area (Å²) in [5.41, 5.74) is -0.929. The van der Waals surface area contributed by atoms with Crippen LogP contribution in [0.2, 0.25) is 10.0 Å². The quantitative estimate of drug-likeness (QED) is 0.483. The fraction of sp³-hybridized carbons (Fsp3) is 0.444. The standard InChI is InChI=1S/C18H19Cl2F2N5O3/c1-11-17(27(29)30)16(18(21)22)23-26(11)10-15(28)25-7-5-24(6-8-25)9-12-13(19)3-2-4-14(12)20/h2-4,18H,5-10H2,1H3. The molecule has 0 spiro atoms. The summed E-state index contributed by atoms with van der Waals surface area (Å²) in [5, 5.41) is 15.8. The molecule has 0 bridgehead atoms. The third-order valence-electron chi connectivity index (χ3n) is 5.04. The van der Waals surface area contributed by atoms with Gasteiger partial charge in [-0.2, -0.15) is 5.10 Å². The van der Waals surface area contributed by atoms with Crippen molar-refractivity contribution in [2.24, 2.45) is 0 Å². The summed E-state index contributed by atoms with van der Waals surface area (Å²) >= 11 is 12.4. The summed E-state index contributed by atoms with van der Waals surface area (Å²) < 4.78 is 27.1. The molecule has 0 atom stereocenters. The Kier molecular flexibility index (Phi) is 6.89. The van der Waals surface area contributed by atoms with Crippen LogP contribution >= 0.6 is 23.2 Å². The van der Waals surface area contributed by atoms with Gasteiger partial charge in [0.15, 0.2) is 0 Å². The van der Waals surface area contributed by atoms with Gasteiger partial charge in [-0.25, -0.2) is 8.78 Å². The van der Waals surface area contributed by atoms with Gasteiger partial charge in [-0.05, 0) is 19.1 Å².